The zero-order valence-corrected chi connectivity index (χ0v) is 16.3. The summed E-state index contributed by atoms with van der Waals surface area (Å²) in [7, 11) is 0. The molecule has 146 valence electrons. The average Bonchev–Trinajstić information content (AvgIpc) is 3.07. The van der Waals surface area contributed by atoms with Gasteiger partial charge in [0.2, 0.25) is 0 Å². The second-order valence-corrected chi connectivity index (χ2v) is 7.32. The SMILES string of the molecule is O=C(Nc1ccc2nc(CN3CCOCC3)[nH]c2c1)c1cc(F)c(Cl)cc1Cl. The Morgan fingerprint density at radius 2 is 2.00 bits per heavy atom. The molecule has 2 heterocycles. The molecule has 0 radical (unpaired) electrons. The van der Waals surface area contributed by atoms with Crippen molar-refractivity contribution < 1.29 is 13.9 Å². The standard InChI is InChI=1S/C19H17Cl2FN4O2/c20-13-9-14(21)15(22)8-12(13)19(27)23-11-1-2-16-17(7-11)25-18(24-16)10-26-3-5-28-6-4-26/h1-2,7-9H,3-6,10H2,(H,23,27)(H,24,25). The molecule has 9 heteroatoms. The largest absolute Gasteiger partial charge is 0.379 e. The van der Waals surface area contributed by atoms with E-state index >= 15 is 0 Å². The van der Waals surface area contributed by atoms with Gasteiger partial charge in [-0.3, -0.25) is 9.69 Å². The number of imidazole rings is 1. The zero-order chi connectivity index (χ0) is 19.7. The quantitative estimate of drug-likeness (QED) is 0.621. The number of nitrogens with one attached hydrogen (secondary N) is 2. The first-order chi connectivity index (χ1) is 13.5. The number of ether oxygens (including phenoxy) is 1. The Morgan fingerprint density at radius 3 is 2.79 bits per heavy atom. The highest BCUT2D eigenvalue weighted by atomic mass is 35.5. The van der Waals surface area contributed by atoms with Gasteiger partial charge in [-0.2, -0.15) is 0 Å². The smallest absolute Gasteiger partial charge is 0.257 e. The van der Waals surface area contributed by atoms with E-state index < -0.39 is 11.7 Å². The van der Waals surface area contributed by atoms with E-state index in [1.807, 2.05) is 6.07 Å². The van der Waals surface area contributed by atoms with Crippen LogP contribution < -0.4 is 5.32 Å². The summed E-state index contributed by atoms with van der Waals surface area (Å²) in [4.78, 5) is 22.6. The lowest BCUT2D eigenvalue weighted by Crippen LogP contribution is -2.35. The van der Waals surface area contributed by atoms with Gasteiger partial charge in [-0.15, -0.1) is 0 Å². The van der Waals surface area contributed by atoms with E-state index in [9.17, 15) is 9.18 Å². The number of rotatable bonds is 4. The number of morpholine rings is 1. The second-order valence-electron chi connectivity index (χ2n) is 6.50. The van der Waals surface area contributed by atoms with Crippen LogP contribution in [0.4, 0.5) is 10.1 Å². The van der Waals surface area contributed by atoms with Crippen LogP contribution >= 0.6 is 23.2 Å². The van der Waals surface area contributed by atoms with Crippen LogP contribution in [0.25, 0.3) is 11.0 Å². The van der Waals surface area contributed by atoms with Gasteiger partial charge in [-0.25, -0.2) is 9.37 Å². The third kappa shape index (κ3) is 4.12. The van der Waals surface area contributed by atoms with E-state index in [2.05, 4.69) is 20.2 Å². The van der Waals surface area contributed by atoms with Crippen LogP contribution in [-0.4, -0.2) is 47.1 Å². The van der Waals surface area contributed by atoms with Gasteiger partial charge in [0.25, 0.3) is 5.91 Å². The molecule has 0 atom stereocenters. The summed E-state index contributed by atoms with van der Waals surface area (Å²) in [5.74, 6) is -0.371. The van der Waals surface area contributed by atoms with Crippen LogP contribution in [0.2, 0.25) is 10.0 Å². The van der Waals surface area contributed by atoms with E-state index in [-0.39, 0.29) is 15.6 Å². The van der Waals surface area contributed by atoms with Gasteiger partial charge in [0.15, 0.2) is 0 Å². The number of carbonyl (C=O) groups excluding carboxylic acids is 1. The van der Waals surface area contributed by atoms with Gasteiger partial charge in [0.05, 0.1) is 46.4 Å². The molecule has 1 amide bonds. The van der Waals surface area contributed by atoms with Gasteiger partial charge in [0, 0.05) is 18.8 Å². The highest BCUT2D eigenvalue weighted by molar-refractivity contribution is 6.37. The number of benzene rings is 2. The number of fused-ring (bicyclic) bond motifs is 1. The van der Waals surface area contributed by atoms with E-state index in [0.717, 1.165) is 49.2 Å². The fraction of sp³-hybridized carbons (Fsp3) is 0.263. The predicted octanol–water partition coefficient (Wildman–Crippen LogP) is 4.09. The van der Waals surface area contributed by atoms with Crippen LogP contribution in [0.1, 0.15) is 16.2 Å². The number of nitrogens with zero attached hydrogens (tertiary/aromatic N) is 2. The first-order valence-corrected chi connectivity index (χ1v) is 9.50. The van der Waals surface area contributed by atoms with Crippen molar-refractivity contribution in [2.75, 3.05) is 31.6 Å². The van der Waals surface area contributed by atoms with E-state index in [0.29, 0.717) is 12.2 Å². The number of hydrogen-bond donors (Lipinski definition) is 2. The number of halogens is 3. The predicted molar refractivity (Wildman–Crippen MR) is 107 cm³/mol. The molecule has 0 saturated carbocycles. The highest BCUT2D eigenvalue weighted by Crippen LogP contribution is 2.26. The summed E-state index contributed by atoms with van der Waals surface area (Å²) in [6.07, 6.45) is 0. The van der Waals surface area contributed by atoms with E-state index in [4.69, 9.17) is 27.9 Å². The Morgan fingerprint density at radius 1 is 1.21 bits per heavy atom. The van der Waals surface area contributed by atoms with Gasteiger partial charge in [-0.1, -0.05) is 23.2 Å². The summed E-state index contributed by atoms with van der Waals surface area (Å²) < 4.78 is 19.0. The summed E-state index contributed by atoms with van der Waals surface area (Å²) in [6.45, 7) is 3.90. The minimum Gasteiger partial charge on any atom is -0.379 e. The van der Waals surface area contributed by atoms with Crippen molar-refractivity contribution in [2.24, 2.45) is 0 Å². The maximum Gasteiger partial charge on any atom is 0.257 e. The van der Waals surface area contributed by atoms with Crippen molar-refractivity contribution in [3.8, 4) is 0 Å². The molecule has 0 unspecified atom stereocenters. The highest BCUT2D eigenvalue weighted by Gasteiger charge is 2.16. The van der Waals surface area contributed by atoms with Crippen molar-refractivity contribution in [3.63, 3.8) is 0 Å². The van der Waals surface area contributed by atoms with Crippen molar-refractivity contribution in [3.05, 3.63) is 57.6 Å². The van der Waals surface area contributed by atoms with Crippen molar-refractivity contribution in [2.45, 2.75) is 6.54 Å². The number of aromatic nitrogens is 2. The molecular weight excluding hydrogens is 406 g/mol. The Bertz CT molecular complexity index is 1030. The Hall–Kier alpha value is -2.19. The van der Waals surface area contributed by atoms with Gasteiger partial charge in [-0.05, 0) is 30.3 Å². The molecular formula is C19H17Cl2FN4O2. The second kappa shape index (κ2) is 8.05. The molecule has 1 fully saturated rings. The van der Waals surface area contributed by atoms with E-state index in [1.54, 1.807) is 12.1 Å². The Labute approximate surface area is 170 Å². The fourth-order valence-electron chi connectivity index (χ4n) is 3.08. The Balaban J connectivity index is 1.51. The lowest BCUT2D eigenvalue weighted by Gasteiger charge is -2.25. The molecule has 1 aromatic heterocycles. The molecule has 0 aliphatic carbocycles. The van der Waals surface area contributed by atoms with Gasteiger partial charge < -0.3 is 15.0 Å². The number of anilines is 1. The number of amides is 1. The zero-order valence-electron chi connectivity index (χ0n) is 14.8. The summed E-state index contributed by atoms with van der Waals surface area (Å²) >= 11 is 11.7. The van der Waals surface area contributed by atoms with Crippen LogP contribution in [0.15, 0.2) is 30.3 Å². The number of aromatic amines is 1. The molecule has 2 N–H and O–H groups in total. The fourth-order valence-corrected chi connectivity index (χ4v) is 3.55. The molecule has 1 saturated heterocycles. The van der Waals surface area contributed by atoms with Gasteiger partial charge in [0.1, 0.15) is 11.6 Å². The molecule has 2 aromatic carbocycles. The number of carbonyl (C=O) groups is 1. The first-order valence-electron chi connectivity index (χ1n) is 8.74. The minimum absolute atomic E-state index is 0.0151. The number of hydrogen-bond acceptors (Lipinski definition) is 4. The topological polar surface area (TPSA) is 70.2 Å². The first kappa shape index (κ1) is 19.1. The van der Waals surface area contributed by atoms with Crippen LogP contribution in [0, 0.1) is 5.82 Å². The lowest BCUT2D eigenvalue weighted by molar-refractivity contribution is 0.0332. The maximum atomic E-state index is 13.7. The Kier molecular flexibility index (Phi) is 5.50. The monoisotopic (exact) mass is 422 g/mol. The molecule has 1 aliphatic rings. The summed E-state index contributed by atoms with van der Waals surface area (Å²) in [6, 6.07) is 7.57. The van der Waals surface area contributed by atoms with Crippen molar-refractivity contribution in [1.82, 2.24) is 14.9 Å². The number of H-pyrrole nitrogens is 1. The maximum absolute atomic E-state index is 13.7. The van der Waals surface area contributed by atoms with Crippen LogP contribution in [-0.2, 0) is 11.3 Å². The molecule has 0 spiro atoms. The third-order valence-corrected chi connectivity index (χ3v) is 5.12. The van der Waals surface area contributed by atoms with Crippen molar-refractivity contribution >= 4 is 45.8 Å². The summed E-state index contributed by atoms with van der Waals surface area (Å²) in [5.41, 5.74) is 2.16. The lowest BCUT2D eigenvalue weighted by atomic mass is 10.2. The molecule has 0 bridgehead atoms. The molecule has 4 rings (SSSR count). The molecule has 28 heavy (non-hydrogen) atoms. The molecule has 1 aliphatic heterocycles. The minimum atomic E-state index is -0.701. The third-order valence-electron chi connectivity index (χ3n) is 4.52. The summed E-state index contributed by atoms with van der Waals surface area (Å²) in [5, 5.41) is 2.67. The van der Waals surface area contributed by atoms with E-state index in [1.165, 1.54) is 6.07 Å². The molecule has 3 aromatic rings. The average molecular weight is 423 g/mol. The molecule has 6 nitrogen and oxygen atoms in total. The van der Waals surface area contributed by atoms with Crippen LogP contribution in [0.3, 0.4) is 0 Å². The van der Waals surface area contributed by atoms with Gasteiger partial charge >= 0.3 is 0 Å². The van der Waals surface area contributed by atoms with Crippen molar-refractivity contribution in [1.29, 1.82) is 0 Å². The normalized spacial score (nSPS) is 15.1. The van der Waals surface area contributed by atoms with Crippen LogP contribution in [0.5, 0.6) is 0 Å².